The van der Waals surface area contributed by atoms with E-state index in [-0.39, 0.29) is 37.8 Å². The molecule has 3 heterocycles. The first-order chi connectivity index (χ1) is 13.5. The summed E-state index contributed by atoms with van der Waals surface area (Å²) >= 11 is 0. The number of hydrogen-bond donors (Lipinski definition) is 2. The molecule has 3 amide bonds. The van der Waals surface area contributed by atoms with E-state index in [0.29, 0.717) is 11.5 Å². The smallest absolute Gasteiger partial charge is 0.312 e. The van der Waals surface area contributed by atoms with Crippen LogP contribution in [0.1, 0.15) is 23.2 Å². The van der Waals surface area contributed by atoms with Gasteiger partial charge < -0.3 is 24.5 Å². The van der Waals surface area contributed by atoms with Crippen LogP contribution in [0.2, 0.25) is 0 Å². The van der Waals surface area contributed by atoms with Crippen LogP contribution in [0.5, 0.6) is 0 Å². The summed E-state index contributed by atoms with van der Waals surface area (Å²) in [7, 11) is 0. The second-order valence-electron chi connectivity index (χ2n) is 6.92. The molecular formula is C19H20N4O5. The zero-order valence-electron chi connectivity index (χ0n) is 15.1. The van der Waals surface area contributed by atoms with Gasteiger partial charge in [-0.2, -0.15) is 0 Å². The fraction of sp³-hybridized carbons (Fsp3) is 0.368. The Morgan fingerprint density at radius 1 is 1.04 bits per heavy atom. The predicted molar refractivity (Wildman–Crippen MR) is 98.4 cm³/mol. The zero-order chi connectivity index (χ0) is 19.7. The van der Waals surface area contributed by atoms with Crippen LogP contribution in [0.15, 0.2) is 39.7 Å². The first-order valence-electron chi connectivity index (χ1n) is 9.19. The van der Waals surface area contributed by atoms with E-state index >= 15 is 0 Å². The summed E-state index contributed by atoms with van der Waals surface area (Å²) in [5.74, 6) is -1.05. The number of H-pyrrole nitrogens is 1. The molecule has 0 spiro atoms. The van der Waals surface area contributed by atoms with Crippen LogP contribution in [0.3, 0.4) is 0 Å². The Morgan fingerprint density at radius 3 is 2.36 bits per heavy atom. The average molecular weight is 384 g/mol. The van der Waals surface area contributed by atoms with Gasteiger partial charge in [0.25, 0.3) is 11.5 Å². The molecule has 9 heteroatoms. The highest BCUT2D eigenvalue weighted by molar-refractivity contribution is 6.35. The van der Waals surface area contributed by atoms with Crippen molar-refractivity contribution < 1.29 is 18.8 Å². The lowest BCUT2D eigenvalue weighted by Gasteiger charge is -2.34. The third kappa shape index (κ3) is 3.68. The molecule has 1 saturated heterocycles. The molecule has 2 fully saturated rings. The second kappa shape index (κ2) is 7.34. The van der Waals surface area contributed by atoms with Crippen molar-refractivity contribution in [3.8, 4) is 11.5 Å². The van der Waals surface area contributed by atoms with Crippen molar-refractivity contribution in [2.24, 2.45) is 0 Å². The molecule has 2 aliphatic rings. The van der Waals surface area contributed by atoms with Crippen LogP contribution in [-0.4, -0.2) is 64.7 Å². The Kier molecular flexibility index (Phi) is 4.72. The number of pyridine rings is 1. The number of amides is 3. The monoisotopic (exact) mass is 384 g/mol. The number of nitrogens with one attached hydrogen (secondary N) is 2. The van der Waals surface area contributed by atoms with Crippen molar-refractivity contribution in [3.05, 3.63) is 46.4 Å². The number of hydrogen-bond acceptors (Lipinski definition) is 5. The fourth-order valence-corrected chi connectivity index (χ4v) is 3.12. The highest BCUT2D eigenvalue weighted by Crippen LogP contribution is 2.19. The lowest BCUT2D eigenvalue weighted by atomic mass is 10.2. The lowest BCUT2D eigenvalue weighted by Crippen LogP contribution is -2.54. The maximum Gasteiger partial charge on any atom is 0.312 e. The number of aromatic nitrogens is 1. The van der Waals surface area contributed by atoms with Gasteiger partial charge in [-0.15, -0.1) is 0 Å². The van der Waals surface area contributed by atoms with E-state index in [9.17, 15) is 19.2 Å². The van der Waals surface area contributed by atoms with E-state index in [1.807, 2.05) is 0 Å². The highest BCUT2D eigenvalue weighted by atomic mass is 16.3. The summed E-state index contributed by atoms with van der Waals surface area (Å²) in [6.45, 7) is 1.04. The summed E-state index contributed by atoms with van der Waals surface area (Å²) in [5, 5.41) is 2.67. The molecule has 2 aromatic heterocycles. The standard InChI is InChI=1S/C19H20N4O5/c24-16-13(5-6-14(21-16)15-2-1-11-28-15)18(26)22-7-9-23(10-8-22)19(27)17(25)20-12-3-4-12/h1-2,5-6,11-12H,3-4,7-10H2,(H,20,25)(H,21,24). The summed E-state index contributed by atoms with van der Waals surface area (Å²) in [6, 6.07) is 6.63. The van der Waals surface area contributed by atoms with Crippen LogP contribution in [0.25, 0.3) is 11.5 Å². The molecule has 1 saturated carbocycles. The zero-order valence-corrected chi connectivity index (χ0v) is 15.1. The molecule has 1 aliphatic heterocycles. The van der Waals surface area contributed by atoms with Crippen LogP contribution in [0, 0.1) is 0 Å². The maximum absolute atomic E-state index is 12.7. The molecule has 0 atom stereocenters. The van der Waals surface area contributed by atoms with Crippen LogP contribution >= 0.6 is 0 Å². The fourth-order valence-electron chi connectivity index (χ4n) is 3.12. The molecule has 9 nitrogen and oxygen atoms in total. The summed E-state index contributed by atoms with van der Waals surface area (Å²) in [5.41, 5.74) is 0.0198. The van der Waals surface area contributed by atoms with Gasteiger partial charge in [0.05, 0.1) is 12.0 Å². The normalized spacial score (nSPS) is 16.7. The Bertz CT molecular complexity index is 953. The van der Waals surface area contributed by atoms with Crippen LogP contribution < -0.4 is 10.9 Å². The molecule has 2 aromatic rings. The summed E-state index contributed by atoms with van der Waals surface area (Å²) < 4.78 is 5.24. The van der Waals surface area contributed by atoms with Gasteiger partial charge in [-0.3, -0.25) is 19.2 Å². The quantitative estimate of drug-likeness (QED) is 0.734. The van der Waals surface area contributed by atoms with Crippen molar-refractivity contribution in [3.63, 3.8) is 0 Å². The summed E-state index contributed by atoms with van der Waals surface area (Å²) in [6.07, 6.45) is 3.32. The van der Waals surface area contributed by atoms with Gasteiger partial charge in [0.2, 0.25) is 0 Å². The second-order valence-corrected chi connectivity index (χ2v) is 6.92. The van der Waals surface area contributed by atoms with Crippen molar-refractivity contribution >= 4 is 17.7 Å². The maximum atomic E-state index is 12.7. The molecule has 0 aromatic carbocycles. The van der Waals surface area contributed by atoms with E-state index in [4.69, 9.17) is 4.42 Å². The van der Waals surface area contributed by atoms with Crippen molar-refractivity contribution in [1.82, 2.24) is 20.1 Å². The molecule has 0 unspecified atom stereocenters. The SMILES string of the molecule is O=C(NC1CC1)C(=O)N1CCN(C(=O)c2ccc(-c3ccco3)[nH]c2=O)CC1. The predicted octanol–water partition coefficient (Wildman–Crippen LogP) is 0.198. The molecule has 0 bridgehead atoms. The number of aromatic amines is 1. The Labute approximate surface area is 160 Å². The van der Waals surface area contributed by atoms with E-state index in [1.54, 1.807) is 18.2 Å². The Balaban J connectivity index is 1.38. The number of nitrogens with zero attached hydrogens (tertiary/aromatic N) is 2. The van der Waals surface area contributed by atoms with E-state index in [1.165, 1.54) is 22.1 Å². The van der Waals surface area contributed by atoms with Crippen LogP contribution in [-0.2, 0) is 9.59 Å². The molecule has 1 aliphatic carbocycles. The number of furan rings is 1. The third-order valence-corrected chi connectivity index (χ3v) is 4.89. The van der Waals surface area contributed by atoms with Crippen molar-refractivity contribution in [2.45, 2.75) is 18.9 Å². The summed E-state index contributed by atoms with van der Waals surface area (Å²) in [4.78, 5) is 54.6. The topological polar surface area (TPSA) is 116 Å². The number of carbonyl (C=O) groups is 3. The number of piperazine rings is 1. The number of carbonyl (C=O) groups excluding carboxylic acids is 3. The van der Waals surface area contributed by atoms with Gasteiger partial charge in [-0.1, -0.05) is 0 Å². The Morgan fingerprint density at radius 2 is 1.75 bits per heavy atom. The van der Waals surface area contributed by atoms with E-state index in [0.717, 1.165) is 12.8 Å². The van der Waals surface area contributed by atoms with E-state index in [2.05, 4.69) is 10.3 Å². The Hall–Kier alpha value is -3.36. The van der Waals surface area contributed by atoms with Gasteiger partial charge in [0.15, 0.2) is 0 Å². The van der Waals surface area contributed by atoms with Crippen molar-refractivity contribution in [2.75, 3.05) is 26.2 Å². The molecule has 146 valence electrons. The minimum absolute atomic E-state index is 0.0292. The average Bonchev–Trinajstić information content (AvgIpc) is 3.35. The number of rotatable bonds is 3. The highest BCUT2D eigenvalue weighted by Gasteiger charge is 2.32. The van der Waals surface area contributed by atoms with Gasteiger partial charge in [0, 0.05) is 32.2 Å². The largest absolute Gasteiger partial charge is 0.463 e. The molecular weight excluding hydrogens is 364 g/mol. The molecule has 0 radical (unpaired) electrons. The van der Waals surface area contributed by atoms with Crippen LogP contribution in [0.4, 0.5) is 0 Å². The molecule has 2 N–H and O–H groups in total. The van der Waals surface area contributed by atoms with Gasteiger partial charge >= 0.3 is 11.8 Å². The minimum Gasteiger partial charge on any atom is -0.463 e. The lowest BCUT2D eigenvalue weighted by molar-refractivity contribution is -0.146. The molecule has 4 rings (SSSR count). The first kappa shape index (κ1) is 18.0. The molecule has 28 heavy (non-hydrogen) atoms. The first-order valence-corrected chi connectivity index (χ1v) is 9.19. The third-order valence-electron chi connectivity index (χ3n) is 4.89. The van der Waals surface area contributed by atoms with E-state index < -0.39 is 23.3 Å². The van der Waals surface area contributed by atoms with Gasteiger partial charge in [-0.25, -0.2) is 0 Å². The van der Waals surface area contributed by atoms with Gasteiger partial charge in [-0.05, 0) is 37.1 Å². The van der Waals surface area contributed by atoms with Crippen molar-refractivity contribution in [1.29, 1.82) is 0 Å². The minimum atomic E-state index is -0.591. The van der Waals surface area contributed by atoms with Gasteiger partial charge in [0.1, 0.15) is 11.3 Å².